The number of anilines is 1. The lowest BCUT2D eigenvalue weighted by Crippen LogP contribution is -2.48. The van der Waals surface area contributed by atoms with E-state index in [1.54, 1.807) is 18.4 Å². The van der Waals surface area contributed by atoms with Crippen LogP contribution in [0.3, 0.4) is 0 Å². The van der Waals surface area contributed by atoms with Crippen LogP contribution in [0.15, 0.2) is 58.6 Å². The summed E-state index contributed by atoms with van der Waals surface area (Å²) >= 11 is 1.28. The number of urea groups is 1. The number of nitriles is 1. The van der Waals surface area contributed by atoms with Crippen LogP contribution in [0, 0.1) is 11.3 Å². The number of hydrogen-bond donors (Lipinski definition) is 2. The molecule has 1 aliphatic rings. The molecule has 2 N–H and O–H groups in total. The predicted molar refractivity (Wildman–Crippen MR) is 108 cm³/mol. The first kappa shape index (κ1) is 22.2. The number of amides is 2. The van der Waals surface area contributed by atoms with Crippen molar-refractivity contribution in [2.45, 2.75) is 24.0 Å². The van der Waals surface area contributed by atoms with Crippen molar-refractivity contribution >= 4 is 29.4 Å². The third-order valence-corrected chi connectivity index (χ3v) is 5.61. The highest BCUT2D eigenvalue weighted by molar-refractivity contribution is 7.98. The van der Waals surface area contributed by atoms with Gasteiger partial charge in [-0.15, -0.1) is 11.8 Å². The van der Waals surface area contributed by atoms with E-state index in [2.05, 4.69) is 5.32 Å². The lowest BCUT2D eigenvalue weighted by atomic mass is 9.94. The molecule has 1 aliphatic heterocycles. The Bertz CT molecular complexity index is 1140. The summed E-state index contributed by atoms with van der Waals surface area (Å²) in [6.07, 6.45) is -2.87. The number of rotatable bonds is 4. The zero-order valence-electron chi connectivity index (χ0n) is 16.3. The van der Waals surface area contributed by atoms with Crippen LogP contribution in [0.4, 0.5) is 23.7 Å². The summed E-state index contributed by atoms with van der Waals surface area (Å²) in [4.78, 5) is 26.5. The molecule has 3 rings (SSSR count). The maximum Gasteiger partial charge on any atom is 0.416 e. The second kappa shape index (κ2) is 8.35. The number of aliphatic carboxylic acids is 1. The highest BCUT2D eigenvalue weighted by Crippen LogP contribution is 2.38. The van der Waals surface area contributed by atoms with Gasteiger partial charge in [0.1, 0.15) is 0 Å². The highest BCUT2D eigenvalue weighted by Gasteiger charge is 2.38. The molecule has 0 spiro atoms. The molecule has 10 heteroatoms. The predicted octanol–water partition coefficient (Wildman–Crippen LogP) is 4.93. The molecule has 0 unspecified atom stereocenters. The van der Waals surface area contributed by atoms with E-state index in [0.29, 0.717) is 16.0 Å². The number of carbonyl (C=O) groups excluding carboxylic acids is 1. The van der Waals surface area contributed by atoms with Crippen molar-refractivity contribution in [1.29, 1.82) is 5.26 Å². The number of allylic oxidation sites excluding steroid dienone is 1. The van der Waals surface area contributed by atoms with Crippen LogP contribution >= 0.6 is 11.8 Å². The van der Waals surface area contributed by atoms with Crippen molar-refractivity contribution in [3.05, 3.63) is 70.4 Å². The lowest BCUT2D eigenvalue weighted by Gasteiger charge is -2.35. The van der Waals surface area contributed by atoms with Gasteiger partial charge in [0, 0.05) is 10.6 Å². The van der Waals surface area contributed by atoms with Gasteiger partial charge < -0.3 is 10.4 Å². The highest BCUT2D eigenvalue weighted by atomic mass is 32.2. The summed E-state index contributed by atoms with van der Waals surface area (Å²) in [5, 5.41) is 21.6. The third kappa shape index (κ3) is 4.22. The minimum Gasteiger partial charge on any atom is -0.478 e. The smallest absolute Gasteiger partial charge is 0.416 e. The zero-order valence-corrected chi connectivity index (χ0v) is 17.1. The van der Waals surface area contributed by atoms with Crippen molar-refractivity contribution in [2.75, 3.05) is 11.2 Å². The van der Waals surface area contributed by atoms with Gasteiger partial charge in [-0.1, -0.05) is 12.1 Å². The minimum absolute atomic E-state index is 0.00279. The molecular formula is C21H16F3N3O3S. The Morgan fingerprint density at radius 1 is 1.26 bits per heavy atom. The summed E-state index contributed by atoms with van der Waals surface area (Å²) in [6.45, 7) is 1.37. The molecule has 2 amide bonds. The Morgan fingerprint density at radius 2 is 1.97 bits per heavy atom. The Balaban J connectivity index is 2.16. The van der Waals surface area contributed by atoms with Gasteiger partial charge in [-0.2, -0.15) is 18.4 Å². The summed E-state index contributed by atoms with van der Waals surface area (Å²) in [6, 6.07) is 8.96. The molecule has 1 heterocycles. The Labute approximate surface area is 180 Å². The summed E-state index contributed by atoms with van der Waals surface area (Å²) < 4.78 is 39.3. The second-order valence-corrected chi connectivity index (χ2v) is 7.49. The number of thioether (sulfide) groups is 1. The molecule has 0 fully saturated rings. The normalized spacial score (nSPS) is 16.7. The van der Waals surface area contributed by atoms with Crippen molar-refractivity contribution in [3.8, 4) is 6.07 Å². The SMILES string of the molecule is CSc1cc(C#N)ccc1[C@H]1NC(=O)N(c2cccc(C(F)(F)F)c2)C(C)=C1C(=O)O. The monoisotopic (exact) mass is 447 g/mol. The maximum atomic E-state index is 13.1. The Kier molecular flexibility index (Phi) is 5.99. The van der Waals surface area contributed by atoms with Crippen molar-refractivity contribution in [2.24, 2.45) is 0 Å². The summed E-state index contributed by atoms with van der Waals surface area (Å²) in [5.41, 5.74) is -0.402. The number of carboxylic acid groups (broad SMARTS) is 1. The summed E-state index contributed by atoms with van der Waals surface area (Å²) in [5.74, 6) is -1.32. The molecule has 31 heavy (non-hydrogen) atoms. The van der Waals surface area contributed by atoms with Crippen molar-refractivity contribution < 1.29 is 27.9 Å². The molecule has 0 aromatic heterocycles. The molecule has 0 saturated heterocycles. The Morgan fingerprint density at radius 3 is 2.55 bits per heavy atom. The number of carbonyl (C=O) groups is 2. The molecule has 0 bridgehead atoms. The number of carboxylic acids is 1. The van der Waals surface area contributed by atoms with Gasteiger partial charge in [0.15, 0.2) is 0 Å². The average Bonchev–Trinajstić information content (AvgIpc) is 2.72. The van der Waals surface area contributed by atoms with Gasteiger partial charge in [0.2, 0.25) is 0 Å². The van der Waals surface area contributed by atoms with Crippen molar-refractivity contribution in [1.82, 2.24) is 5.32 Å². The number of halogens is 3. The standard InChI is InChI=1S/C21H16F3N3O3S/c1-11-17(19(28)29)18(15-7-6-12(10-25)8-16(15)31-2)26-20(30)27(11)14-5-3-4-13(9-14)21(22,23)24/h3-9,18H,1-2H3,(H,26,30)(H,28,29)/t18-/m1/s1. The number of alkyl halides is 3. The van der Waals surface area contributed by atoms with Gasteiger partial charge in [-0.25, -0.2) is 9.59 Å². The average molecular weight is 447 g/mol. The quantitative estimate of drug-likeness (QED) is 0.649. The first-order valence-corrected chi connectivity index (χ1v) is 10.1. The first-order chi connectivity index (χ1) is 14.6. The minimum atomic E-state index is -4.62. The lowest BCUT2D eigenvalue weighted by molar-refractivity contribution is -0.137. The van der Waals surface area contributed by atoms with E-state index in [9.17, 15) is 27.9 Å². The molecule has 0 saturated carbocycles. The Hall–Kier alpha value is -3.45. The van der Waals surface area contributed by atoms with Crippen LogP contribution in [0.2, 0.25) is 0 Å². The number of hydrogen-bond acceptors (Lipinski definition) is 4. The molecule has 2 aromatic rings. The van der Waals surface area contributed by atoms with Crippen LogP contribution in [0.25, 0.3) is 0 Å². The fraction of sp³-hybridized carbons (Fsp3) is 0.190. The van der Waals surface area contributed by atoms with Crippen LogP contribution in [0.1, 0.15) is 29.7 Å². The van der Waals surface area contributed by atoms with Crippen LogP contribution in [-0.4, -0.2) is 23.4 Å². The van der Waals surface area contributed by atoms with E-state index in [4.69, 9.17) is 5.26 Å². The van der Waals surface area contributed by atoms with Gasteiger partial charge in [0.05, 0.1) is 34.5 Å². The van der Waals surface area contributed by atoms with Crippen LogP contribution in [-0.2, 0) is 11.0 Å². The first-order valence-electron chi connectivity index (χ1n) is 8.88. The number of nitrogens with zero attached hydrogens (tertiary/aromatic N) is 2. The molecular weight excluding hydrogens is 431 g/mol. The molecule has 0 radical (unpaired) electrons. The fourth-order valence-corrected chi connectivity index (χ4v) is 4.07. The van der Waals surface area contributed by atoms with Gasteiger partial charge in [-0.05, 0) is 49.1 Å². The number of benzene rings is 2. The van der Waals surface area contributed by atoms with E-state index in [1.807, 2.05) is 6.07 Å². The zero-order chi connectivity index (χ0) is 22.9. The van der Waals surface area contributed by atoms with E-state index >= 15 is 0 Å². The van der Waals surface area contributed by atoms with Crippen molar-refractivity contribution in [3.63, 3.8) is 0 Å². The van der Waals surface area contributed by atoms with Crippen LogP contribution in [0.5, 0.6) is 0 Å². The third-order valence-electron chi connectivity index (χ3n) is 4.82. The second-order valence-electron chi connectivity index (χ2n) is 6.64. The molecule has 160 valence electrons. The topological polar surface area (TPSA) is 93.4 Å². The fourth-order valence-electron chi connectivity index (χ4n) is 3.40. The van der Waals surface area contributed by atoms with Gasteiger partial charge in [0.25, 0.3) is 0 Å². The van der Waals surface area contributed by atoms with Gasteiger partial charge >= 0.3 is 18.2 Å². The molecule has 1 atom stereocenters. The maximum absolute atomic E-state index is 13.1. The largest absolute Gasteiger partial charge is 0.478 e. The van der Waals surface area contributed by atoms with E-state index in [0.717, 1.165) is 23.1 Å². The molecule has 6 nitrogen and oxygen atoms in total. The molecule has 0 aliphatic carbocycles. The number of nitrogens with one attached hydrogen (secondary N) is 1. The molecule has 2 aromatic carbocycles. The summed E-state index contributed by atoms with van der Waals surface area (Å²) in [7, 11) is 0. The van der Waals surface area contributed by atoms with Gasteiger partial charge in [-0.3, -0.25) is 4.90 Å². The van der Waals surface area contributed by atoms with E-state index in [1.165, 1.54) is 30.8 Å². The van der Waals surface area contributed by atoms with Crippen LogP contribution < -0.4 is 10.2 Å². The van der Waals surface area contributed by atoms with E-state index in [-0.39, 0.29) is 17.0 Å². The van der Waals surface area contributed by atoms with E-state index < -0.39 is 29.8 Å².